The van der Waals surface area contributed by atoms with Crippen LogP contribution in [0.4, 0.5) is 0 Å². The van der Waals surface area contributed by atoms with Gasteiger partial charge in [-0.15, -0.1) is 0 Å². The van der Waals surface area contributed by atoms with Crippen molar-refractivity contribution in [1.82, 2.24) is 10.6 Å². The Morgan fingerprint density at radius 2 is 1.38 bits per heavy atom. The van der Waals surface area contributed by atoms with Crippen molar-refractivity contribution in [2.24, 2.45) is 0 Å². The number of carbonyl (C=O) groups excluding carboxylic acids is 2. The maximum atomic E-state index is 12.0. The topological polar surface area (TPSA) is 95.5 Å². The number of rotatable bonds is 6. The van der Waals surface area contributed by atoms with E-state index in [0.717, 1.165) is 5.56 Å². The molecule has 0 saturated carbocycles. The Morgan fingerprint density at radius 1 is 0.833 bits per heavy atom. The highest BCUT2D eigenvalue weighted by molar-refractivity contribution is 6.04. The Labute approximate surface area is 139 Å². The van der Waals surface area contributed by atoms with Crippen molar-refractivity contribution in [3.05, 3.63) is 70.8 Å². The van der Waals surface area contributed by atoms with Gasteiger partial charge in [-0.05, 0) is 31.2 Å². The molecule has 0 aliphatic rings. The zero-order valence-electron chi connectivity index (χ0n) is 13.2. The van der Waals surface area contributed by atoms with Crippen molar-refractivity contribution in [1.29, 1.82) is 0 Å². The number of aromatic carboxylic acids is 1. The summed E-state index contributed by atoms with van der Waals surface area (Å²) in [5.74, 6) is -1.87. The van der Waals surface area contributed by atoms with E-state index >= 15 is 0 Å². The quantitative estimate of drug-likeness (QED) is 0.706. The summed E-state index contributed by atoms with van der Waals surface area (Å²) >= 11 is 0. The number of benzene rings is 2. The van der Waals surface area contributed by atoms with Crippen LogP contribution < -0.4 is 10.6 Å². The van der Waals surface area contributed by atoms with Crippen LogP contribution in [0.3, 0.4) is 0 Å². The Morgan fingerprint density at radius 3 is 1.96 bits per heavy atom. The van der Waals surface area contributed by atoms with Gasteiger partial charge < -0.3 is 15.7 Å². The fraction of sp³-hybridized carbons (Fsp3) is 0.167. The second-order valence-electron chi connectivity index (χ2n) is 5.23. The van der Waals surface area contributed by atoms with Crippen LogP contribution >= 0.6 is 0 Å². The standard InChI is InChI=1S/C18H18N2O4/c1-12-6-8-13(9-7-12)16(21)19-10-11-20-17(22)14-4-2-3-5-15(14)18(23)24/h2-9H,10-11H2,1H3,(H,19,21)(H,20,22)(H,23,24). The van der Waals surface area contributed by atoms with Crippen molar-refractivity contribution in [2.75, 3.05) is 13.1 Å². The number of nitrogens with one attached hydrogen (secondary N) is 2. The Bertz CT molecular complexity index is 754. The van der Waals surface area contributed by atoms with Gasteiger partial charge in [0, 0.05) is 18.7 Å². The van der Waals surface area contributed by atoms with E-state index in [4.69, 9.17) is 5.11 Å². The van der Waals surface area contributed by atoms with Gasteiger partial charge in [0.25, 0.3) is 11.8 Å². The van der Waals surface area contributed by atoms with Gasteiger partial charge in [-0.2, -0.15) is 0 Å². The molecule has 2 aromatic carbocycles. The van der Waals surface area contributed by atoms with Crippen molar-refractivity contribution in [3.63, 3.8) is 0 Å². The molecule has 0 spiro atoms. The van der Waals surface area contributed by atoms with Gasteiger partial charge in [-0.25, -0.2) is 4.79 Å². The summed E-state index contributed by atoms with van der Waals surface area (Å²) in [6.45, 7) is 2.38. The highest BCUT2D eigenvalue weighted by atomic mass is 16.4. The first-order valence-electron chi connectivity index (χ1n) is 7.44. The molecule has 0 saturated heterocycles. The summed E-state index contributed by atoms with van der Waals surface area (Å²) in [6.07, 6.45) is 0. The van der Waals surface area contributed by atoms with E-state index in [1.54, 1.807) is 24.3 Å². The van der Waals surface area contributed by atoms with Crippen molar-refractivity contribution in [2.45, 2.75) is 6.92 Å². The SMILES string of the molecule is Cc1ccc(C(=O)NCCNC(=O)c2ccccc2C(=O)O)cc1. The minimum Gasteiger partial charge on any atom is -0.478 e. The van der Waals surface area contributed by atoms with Gasteiger partial charge >= 0.3 is 5.97 Å². The van der Waals surface area contributed by atoms with Gasteiger partial charge in [0.15, 0.2) is 0 Å². The lowest BCUT2D eigenvalue weighted by Crippen LogP contribution is -2.35. The van der Waals surface area contributed by atoms with Crippen molar-refractivity contribution in [3.8, 4) is 0 Å². The minimum absolute atomic E-state index is 0.0568. The summed E-state index contributed by atoms with van der Waals surface area (Å²) in [7, 11) is 0. The van der Waals surface area contributed by atoms with Gasteiger partial charge in [0.1, 0.15) is 0 Å². The Balaban J connectivity index is 1.84. The molecule has 6 heteroatoms. The number of carboxylic acid groups (broad SMARTS) is 1. The molecule has 24 heavy (non-hydrogen) atoms. The molecule has 2 rings (SSSR count). The maximum Gasteiger partial charge on any atom is 0.336 e. The van der Waals surface area contributed by atoms with E-state index in [0.29, 0.717) is 5.56 Å². The molecule has 6 nitrogen and oxygen atoms in total. The second-order valence-corrected chi connectivity index (χ2v) is 5.23. The number of hydrogen-bond donors (Lipinski definition) is 3. The van der Waals surface area contributed by atoms with Crippen LogP contribution in [0.25, 0.3) is 0 Å². The van der Waals surface area contributed by atoms with Crippen molar-refractivity contribution < 1.29 is 19.5 Å². The monoisotopic (exact) mass is 326 g/mol. The first kappa shape index (κ1) is 17.2. The number of carboxylic acids is 1. The summed E-state index contributed by atoms with van der Waals surface area (Å²) in [5.41, 5.74) is 1.65. The van der Waals surface area contributed by atoms with E-state index in [1.807, 2.05) is 19.1 Å². The molecule has 0 fully saturated rings. The molecule has 0 bridgehead atoms. The molecule has 3 N–H and O–H groups in total. The van der Waals surface area contributed by atoms with Crippen LogP contribution in [0.1, 0.15) is 36.6 Å². The number of hydrogen-bond acceptors (Lipinski definition) is 3. The van der Waals surface area contributed by atoms with Gasteiger partial charge in [0.2, 0.25) is 0 Å². The van der Waals surface area contributed by atoms with Crippen LogP contribution in [0.15, 0.2) is 48.5 Å². The third kappa shape index (κ3) is 4.42. The zero-order chi connectivity index (χ0) is 17.5. The zero-order valence-corrected chi connectivity index (χ0v) is 13.2. The summed E-state index contributed by atoms with van der Waals surface area (Å²) in [4.78, 5) is 35.0. The fourth-order valence-corrected chi connectivity index (χ4v) is 2.12. The molecule has 0 aliphatic carbocycles. The summed E-state index contributed by atoms with van der Waals surface area (Å²) < 4.78 is 0. The van der Waals surface area contributed by atoms with Crippen LogP contribution in [0.5, 0.6) is 0 Å². The average Bonchev–Trinajstić information content (AvgIpc) is 2.58. The highest BCUT2D eigenvalue weighted by Gasteiger charge is 2.15. The second kappa shape index (κ2) is 7.92. The summed E-state index contributed by atoms with van der Waals surface area (Å²) in [5, 5.41) is 14.4. The van der Waals surface area contributed by atoms with Gasteiger partial charge in [-0.1, -0.05) is 29.8 Å². The van der Waals surface area contributed by atoms with Crippen LogP contribution in [0, 0.1) is 6.92 Å². The molecule has 0 aliphatic heterocycles. The van der Waals surface area contributed by atoms with E-state index in [2.05, 4.69) is 10.6 Å². The number of amides is 2. The lowest BCUT2D eigenvalue weighted by molar-refractivity contribution is 0.0691. The normalized spacial score (nSPS) is 10.0. The predicted molar refractivity (Wildman–Crippen MR) is 89.2 cm³/mol. The molecule has 2 aromatic rings. The van der Waals surface area contributed by atoms with Gasteiger partial charge in [0.05, 0.1) is 11.1 Å². The van der Waals surface area contributed by atoms with E-state index in [-0.39, 0.29) is 30.1 Å². The van der Waals surface area contributed by atoms with E-state index < -0.39 is 11.9 Å². The fourth-order valence-electron chi connectivity index (χ4n) is 2.12. The first-order valence-corrected chi connectivity index (χ1v) is 7.44. The molecular formula is C18H18N2O4. The van der Waals surface area contributed by atoms with Crippen molar-refractivity contribution >= 4 is 17.8 Å². The largest absolute Gasteiger partial charge is 0.478 e. The van der Waals surface area contributed by atoms with E-state index in [1.165, 1.54) is 12.1 Å². The minimum atomic E-state index is -1.16. The average molecular weight is 326 g/mol. The lowest BCUT2D eigenvalue weighted by Gasteiger charge is -2.09. The summed E-state index contributed by atoms with van der Waals surface area (Å²) in [6, 6.07) is 13.1. The molecular weight excluding hydrogens is 308 g/mol. The van der Waals surface area contributed by atoms with E-state index in [9.17, 15) is 14.4 Å². The first-order chi connectivity index (χ1) is 11.5. The highest BCUT2D eigenvalue weighted by Crippen LogP contribution is 2.08. The maximum absolute atomic E-state index is 12.0. The van der Waals surface area contributed by atoms with Crippen LogP contribution in [-0.4, -0.2) is 36.0 Å². The van der Waals surface area contributed by atoms with Crippen LogP contribution in [-0.2, 0) is 0 Å². The van der Waals surface area contributed by atoms with Gasteiger partial charge in [-0.3, -0.25) is 9.59 Å². The third-order valence-corrected chi connectivity index (χ3v) is 3.41. The molecule has 2 amide bonds. The molecule has 0 aromatic heterocycles. The smallest absolute Gasteiger partial charge is 0.336 e. The lowest BCUT2D eigenvalue weighted by atomic mass is 10.1. The Hall–Kier alpha value is -3.15. The predicted octanol–water partition coefficient (Wildman–Crippen LogP) is 1.85. The number of carbonyl (C=O) groups is 3. The van der Waals surface area contributed by atoms with Crippen LogP contribution in [0.2, 0.25) is 0 Å². The molecule has 0 radical (unpaired) electrons. The Kier molecular flexibility index (Phi) is 5.68. The molecule has 0 heterocycles. The number of aryl methyl sites for hydroxylation is 1. The molecule has 0 atom stereocenters. The molecule has 124 valence electrons. The molecule has 0 unspecified atom stereocenters. The third-order valence-electron chi connectivity index (χ3n) is 3.41.